The number of carbonyl (C=O) groups excluding carboxylic acids is 2. The number of carbonyl (C=O) groups is 2. The summed E-state index contributed by atoms with van der Waals surface area (Å²) in [6, 6.07) is 16.9. The molecule has 1 saturated heterocycles. The normalized spacial score (nSPS) is 20.9. The zero-order chi connectivity index (χ0) is 22.5. The molecule has 4 rings (SSSR count). The van der Waals surface area contributed by atoms with Crippen LogP contribution in [0.3, 0.4) is 0 Å². The molecule has 0 radical (unpaired) electrons. The molecule has 0 aromatic heterocycles. The van der Waals surface area contributed by atoms with Crippen LogP contribution in [0.5, 0.6) is 5.75 Å². The number of anilines is 1. The minimum absolute atomic E-state index is 0.194. The summed E-state index contributed by atoms with van der Waals surface area (Å²) < 4.78 is 10.7. The highest BCUT2D eigenvalue weighted by Crippen LogP contribution is 2.36. The maximum absolute atomic E-state index is 13.1. The van der Waals surface area contributed by atoms with Crippen molar-refractivity contribution in [3.8, 4) is 5.75 Å². The van der Waals surface area contributed by atoms with Gasteiger partial charge < -0.3 is 19.3 Å². The van der Waals surface area contributed by atoms with Crippen LogP contribution in [0.25, 0.3) is 0 Å². The number of nitrogens with zero attached hydrogens (tertiary/aromatic N) is 3. The number of methoxy groups -OCH3 is 1. The summed E-state index contributed by atoms with van der Waals surface area (Å²) in [5.74, 6) is -0.995. The summed E-state index contributed by atoms with van der Waals surface area (Å²) in [4.78, 5) is 34.9. The molecule has 32 heavy (non-hydrogen) atoms. The van der Waals surface area contributed by atoms with E-state index in [1.54, 1.807) is 20.1 Å². The van der Waals surface area contributed by atoms with E-state index in [1.807, 2.05) is 36.4 Å². The molecule has 1 amide bonds. The first-order chi connectivity index (χ1) is 15.6. The molecule has 2 aliphatic heterocycles. The maximum Gasteiger partial charge on any atom is 0.321 e. The summed E-state index contributed by atoms with van der Waals surface area (Å²) in [7, 11) is 1.56. The van der Waals surface area contributed by atoms with E-state index in [-0.39, 0.29) is 6.61 Å². The molecule has 0 unspecified atom stereocenters. The molecule has 0 spiro atoms. The van der Waals surface area contributed by atoms with Crippen molar-refractivity contribution in [3.05, 3.63) is 60.2 Å². The fourth-order valence-electron chi connectivity index (χ4n) is 4.17. The van der Waals surface area contributed by atoms with E-state index in [1.165, 1.54) is 5.69 Å². The lowest BCUT2D eigenvalue weighted by Crippen LogP contribution is -2.57. The third-order valence-electron chi connectivity index (χ3n) is 5.79. The number of rotatable bonds is 5. The monoisotopic (exact) mass is 436 g/mol. The van der Waals surface area contributed by atoms with Crippen LogP contribution >= 0.6 is 0 Å². The van der Waals surface area contributed by atoms with E-state index < -0.39 is 23.8 Å². The molecule has 0 aliphatic carbocycles. The van der Waals surface area contributed by atoms with Gasteiger partial charge in [0.2, 0.25) is 11.9 Å². The van der Waals surface area contributed by atoms with Gasteiger partial charge in [-0.2, -0.15) is 0 Å². The van der Waals surface area contributed by atoms with Crippen LogP contribution in [0, 0.1) is 5.92 Å². The first-order valence-corrected chi connectivity index (χ1v) is 10.9. The van der Waals surface area contributed by atoms with Gasteiger partial charge in [0.05, 0.1) is 13.7 Å². The lowest BCUT2D eigenvalue weighted by atomic mass is 9.90. The molecular formula is C24H28N4O4. The van der Waals surface area contributed by atoms with E-state index in [9.17, 15) is 9.59 Å². The second kappa shape index (κ2) is 9.72. The molecule has 0 saturated carbocycles. The SMILES string of the molecule is CCOC(=O)[C@@H]1C(=O)NC(N2CCN(c3ccccc3)CC2)=N[C@H]1c1ccccc1OC. The Labute approximate surface area is 187 Å². The Kier molecular flexibility index (Phi) is 6.58. The number of esters is 1. The lowest BCUT2D eigenvalue weighted by molar-refractivity contribution is -0.153. The van der Waals surface area contributed by atoms with Gasteiger partial charge in [0.15, 0.2) is 5.92 Å². The number of piperazine rings is 1. The average molecular weight is 437 g/mol. The standard InChI is InChI=1S/C24H28N4O4/c1-3-32-23(30)20-21(18-11-7-8-12-19(18)31-2)25-24(26-22(20)29)28-15-13-27(14-16-28)17-9-5-4-6-10-17/h4-12,20-21H,3,13-16H2,1-2H3,(H,25,26,29)/t20-,21-/m0/s1. The number of aliphatic imine (C=N–C) groups is 1. The molecule has 2 atom stereocenters. The summed E-state index contributed by atoms with van der Waals surface area (Å²) in [5, 5.41) is 2.84. The predicted octanol–water partition coefficient (Wildman–Crippen LogP) is 2.22. The number of guanidine groups is 1. The largest absolute Gasteiger partial charge is 0.496 e. The molecule has 8 nitrogen and oxygen atoms in total. The number of nitrogens with one attached hydrogen (secondary N) is 1. The van der Waals surface area contributed by atoms with Crippen LogP contribution in [-0.4, -0.2) is 62.6 Å². The zero-order valence-corrected chi connectivity index (χ0v) is 18.4. The minimum Gasteiger partial charge on any atom is -0.496 e. The van der Waals surface area contributed by atoms with E-state index in [4.69, 9.17) is 14.5 Å². The second-order valence-electron chi connectivity index (χ2n) is 7.67. The summed E-state index contributed by atoms with van der Waals surface area (Å²) in [6.45, 7) is 4.93. The molecule has 1 fully saturated rings. The number of hydrogen-bond acceptors (Lipinski definition) is 7. The minimum atomic E-state index is -1.07. The zero-order valence-electron chi connectivity index (χ0n) is 18.4. The Hall–Kier alpha value is -3.55. The van der Waals surface area contributed by atoms with Crippen LogP contribution in [0.15, 0.2) is 59.6 Å². The van der Waals surface area contributed by atoms with Gasteiger partial charge in [-0.1, -0.05) is 36.4 Å². The van der Waals surface area contributed by atoms with Crippen molar-refractivity contribution in [1.82, 2.24) is 10.2 Å². The first-order valence-electron chi connectivity index (χ1n) is 10.9. The molecule has 2 aromatic carbocycles. The first kappa shape index (κ1) is 21.7. The Morgan fingerprint density at radius 1 is 1.03 bits per heavy atom. The van der Waals surface area contributed by atoms with Crippen molar-refractivity contribution in [2.75, 3.05) is 44.8 Å². The summed E-state index contributed by atoms with van der Waals surface area (Å²) in [6.07, 6.45) is 0. The number of para-hydroxylation sites is 2. The fourth-order valence-corrected chi connectivity index (χ4v) is 4.17. The van der Waals surface area contributed by atoms with E-state index in [0.717, 1.165) is 13.1 Å². The van der Waals surface area contributed by atoms with Gasteiger partial charge in [-0.15, -0.1) is 0 Å². The Bertz CT molecular complexity index is 987. The number of benzene rings is 2. The smallest absolute Gasteiger partial charge is 0.321 e. The Morgan fingerprint density at radius 2 is 1.69 bits per heavy atom. The van der Waals surface area contributed by atoms with E-state index >= 15 is 0 Å². The van der Waals surface area contributed by atoms with Crippen LogP contribution in [-0.2, 0) is 14.3 Å². The quantitative estimate of drug-likeness (QED) is 0.572. The van der Waals surface area contributed by atoms with Crippen molar-refractivity contribution in [2.45, 2.75) is 13.0 Å². The lowest BCUT2D eigenvalue weighted by Gasteiger charge is -2.39. The highest BCUT2D eigenvalue weighted by molar-refractivity contribution is 6.08. The number of ether oxygens (including phenoxy) is 2. The number of amides is 1. The van der Waals surface area contributed by atoms with Gasteiger partial charge in [-0.05, 0) is 25.1 Å². The fraction of sp³-hybridized carbons (Fsp3) is 0.375. The van der Waals surface area contributed by atoms with Crippen molar-refractivity contribution >= 4 is 23.5 Å². The van der Waals surface area contributed by atoms with E-state index in [0.29, 0.717) is 30.4 Å². The van der Waals surface area contributed by atoms with Crippen molar-refractivity contribution in [2.24, 2.45) is 10.9 Å². The van der Waals surface area contributed by atoms with Gasteiger partial charge >= 0.3 is 5.97 Å². The molecule has 2 aliphatic rings. The van der Waals surface area contributed by atoms with Crippen molar-refractivity contribution in [3.63, 3.8) is 0 Å². The second-order valence-corrected chi connectivity index (χ2v) is 7.67. The van der Waals surface area contributed by atoms with Crippen LogP contribution in [0.2, 0.25) is 0 Å². The van der Waals surface area contributed by atoms with Crippen molar-refractivity contribution in [1.29, 1.82) is 0 Å². The molecule has 0 bridgehead atoms. The summed E-state index contributed by atoms with van der Waals surface area (Å²) in [5.41, 5.74) is 1.86. The third kappa shape index (κ3) is 4.39. The van der Waals surface area contributed by atoms with Crippen LogP contribution in [0.4, 0.5) is 5.69 Å². The highest BCUT2D eigenvalue weighted by Gasteiger charge is 2.43. The van der Waals surface area contributed by atoms with Crippen LogP contribution in [0.1, 0.15) is 18.5 Å². The van der Waals surface area contributed by atoms with Crippen LogP contribution < -0.4 is 15.0 Å². The van der Waals surface area contributed by atoms with Gasteiger partial charge in [0.25, 0.3) is 0 Å². The van der Waals surface area contributed by atoms with Crippen molar-refractivity contribution < 1.29 is 19.1 Å². The molecule has 8 heteroatoms. The third-order valence-corrected chi connectivity index (χ3v) is 5.79. The Balaban J connectivity index is 1.60. The molecule has 168 valence electrons. The average Bonchev–Trinajstić information content (AvgIpc) is 2.84. The molecule has 2 aromatic rings. The molecule has 2 heterocycles. The number of hydrogen-bond donors (Lipinski definition) is 1. The van der Waals surface area contributed by atoms with Gasteiger partial charge in [-0.3, -0.25) is 14.9 Å². The topological polar surface area (TPSA) is 83.5 Å². The van der Waals surface area contributed by atoms with Gasteiger partial charge in [0.1, 0.15) is 11.8 Å². The highest BCUT2D eigenvalue weighted by atomic mass is 16.5. The predicted molar refractivity (Wildman–Crippen MR) is 122 cm³/mol. The van der Waals surface area contributed by atoms with Gasteiger partial charge in [0, 0.05) is 37.4 Å². The maximum atomic E-state index is 13.1. The Morgan fingerprint density at radius 3 is 2.38 bits per heavy atom. The molecule has 1 N–H and O–H groups in total. The van der Waals surface area contributed by atoms with E-state index in [2.05, 4.69) is 27.2 Å². The van der Waals surface area contributed by atoms with Gasteiger partial charge in [-0.25, -0.2) is 4.99 Å². The summed E-state index contributed by atoms with van der Waals surface area (Å²) >= 11 is 0. The molecular weight excluding hydrogens is 408 g/mol.